The van der Waals surface area contributed by atoms with Crippen molar-refractivity contribution in [3.8, 4) is 0 Å². The van der Waals surface area contributed by atoms with Gasteiger partial charge in [0.25, 0.3) is 8.32 Å². The minimum Gasteiger partial charge on any atom is -0.405 e. The average molecular weight is 648 g/mol. The van der Waals surface area contributed by atoms with Gasteiger partial charge in [0, 0.05) is 7.05 Å². The summed E-state index contributed by atoms with van der Waals surface area (Å²) in [6, 6.07) is 21.1. The zero-order chi connectivity index (χ0) is 27.8. The topological polar surface area (TPSA) is 88.6 Å². The van der Waals surface area contributed by atoms with Crippen LogP contribution in [0.5, 0.6) is 0 Å². The van der Waals surface area contributed by atoms with Gasteiger partial charge in [-0.3, -0.25) is 4.79 Å². The van der Waals surface area contributed by atoms with Crippen LogP contribution in [0.15, 0.2) is 60.7 Å². The summed E-state index contributed by atoms with van der Waals surface area (Å²) in [5.74, 6) is 1.22. The summed E-state index contributed by atoms with van der Waals surface area (Å²) < 4.78 is 13.3. The Labute approximate surface area is 271 Å². The molecule has 12 heteroatoms. The van der Waals surface area contributed by atoms with Gasteiger partial charge in [-0.15, -0.1) is 0 Å². The van der Waals surface area contributed by atoms with Crippen molar-refractivity contribution in [2.24, 2.45) is 0 Å². The number of hydrogen-bond donors (Lipinski definition) is 2. The number of ether oxygens (including phenoxy) is 1. The van der Waals surface area contributed by atoms with E-state index in [0.29, 0.717) is 24.8 Å². The predicted octanol–water partition coefficient (Wildman–Crippen LogP) is 4.05. The van der Waals surface area contributed by atoms with Gasteiger partial charge in [-0.1, -0.05) is 81.4 Å². The number of aromatic nitrogens is 2. The van der Waals surface area contributed by atoms with Crippen molar-refractivity contribution >= 4 is 82.5 Å². The van der Waals surface area contributed by atoms with Crippen LogP contribution in [0, 0.1) is 6.92 Å². The van der Waals surface area contributed by atoms with Gasteiger partial charge in [-0.25, -0.2) is 4.98 Å². The number of aryl methyl sites for hydroxylation is 1. The zero-order valence-electron chi connectivity index (χ0n) is 25.2. The van der Waals surface area contributed by atoms with Crippen molar-refractivity contribution < 1.29 is 14.0 Å². The number of anilines is 3. The molecule has 3 heterocycles. The van der Waals surface area contributed by atoms with Gasteiger partial charge in [0.2, 0.25) is 11.9 Å². The molecule has 42 heavy (non-hydrogen) atoms. The van der Waals surface area contributed by atoms with E-state index >= 15 is 0 Å². The third kappa shape index (κ3) is 6.94. The number of amides is 1. The van der Waals surface area contributed by atoms with Crippen molar-refractivity contribution in [1.29, 1.82) is 0 Å². The lowest BCUT2D eigenvalue weighted by Crippen LogP contribution is -2.67. The summed E-state index contributed by atoms with van der Waals surface area (Å²) in [5, 5.41) is 8.85. The number of nitrogens with one attached hydrogen (secondary N) is 2. The Hall–Kier alpha value is -2.22. The Balaban J connectivity index is 0.00000205. The van der Waals surface area contributed by atoms with E-state index in [1.807, 2.05) is 25.8 Å². The number of benzene rings is 2. The SMILES string of the molecule is Cc1nc(N[C@@H]2CO[C@H](CO[Si](c3ccccc3)(c3ccccc3)C(C)(C)C)C2)nc2c1NC(=O)[C@H](C)N2C.S.S.S. The fourth-order valence-corrected chi connectivity index (χ4v) is 10.3. The quantitative estimate of drug-likeness (QED) is 0.375. The standard InChI is InChI=1S/C30H39N5O3Si.3H2S/c1-20-26-27(35(6)21(2)28(36)33-26)34-29(31-20)32-22-17-23(37-18-22)19-38-39(30(3,4)5,24-13-9-7-10-14-24)25-15-11-8-12-16-25;;;/h7-16,21-23H,17-19H2,1-6H3,(H,33,36)(H,31,32,34);3*1H2/t21-,22-,23-;;;/m0.../s1. The first-order valence-corrected chi connectivity index (χ1v) is 15.6. The van der Waals surface area contributed by atoms with Crippen LogP contribution in [0.25, 0.3) is 0 Å². The molecule has 2 aliphatic heterocycles. The van der Waals surface area contributed by atoms with Crippen LogP contribution in [-0.4, -0.2) is 62.6 Å². The molecule has 2 N–H and O–H groups in total. The second kappa shape index (κ2) is 14.5. The maximum Gasteiger partial charge on any atom is 0.261 e. The monoisotopic (exact) mass is 647 g/mol. The van der Waals surface area contributed by atoms with Crippen molar-refractivity contribution in [2.45, 2.75) is 64.3 Å². The minimum absolute atomic E-state index is 0. The molecular formula is C30H45N5O3S3Si. The molecule has 1 saturated heterocycles. The van der Waals surface area contributed by atoms with Gasteiger partial charge in [0.05, 0.1) is 31.1 Å². The summed E-state index contributed by atoms with van der Waals surface area (Å²) in [7, 11) is -0.738. The first kappa shape index (κ1) is 36.0. The molecule has 0 spiro atoms. The van der Waals surface area contributed by atoms with Gasteiger partial charge in [0.1, 0.15) is 11.7 Å². The highest BCUT2D eigenvalue weighted by molar-refractivity contribution is 7.59. The maximum absolute atomic E-state index is 12.2. The summed E-state index contributed by atoms with van der Waals surface area (Å²) in [5.41, 5.74) is 1.41. The highest BCUT2D eigenvalue weighted by Gasteiger charge is 2.50. The van der Waals surface area contributed by atoms with Crippen LogP contribution >= 0.6 is 40.5 Å². The maximum atomic E-state index is 12.2. The number of rotatable bonds is 7. The zero-order valence-corrected chi connectivity index (χ0v) is 29.2. The average Bonchev–Trinajstić information content (AvgIpc) is 3.36. The Morgan fingerprint density at radius 2 is 1.60 bits per heavy atom. The summed E-state index contributed by atoms with van der Waals surface area (Å²) >= 11 is 0. The molecule has 0 unspecified atom stereocenters. The fourth-order valence-electron chi connectivity index (χ4n) is 5.70. The van der Waals surface area contributed by atoms with Gasteiger partial charge in [-0.2, -0.15) is 45.5 Å². The minimum atomic E-state index is -2.62. The second-order valence-electron chi connectivity index (χ2n) is 11.6. The molecule has 2 aromatic carbocycles. The number of fused-ring (bicyclic) bond motifs is 1. The van der Waals surface area contributed by atoms with Crippen molar-refractivity contribution in [1.82, 2.24) is 9.97 Å². The molecule has 0 radical (unpaired) electrons. The lowest BCUT2D eigenvalue weighted by molar-refractivity contribution is -0.117. The number of carbonyl (C=O) groups excluding carboxylic acids is 1. The second-order valence-corrected chi connectivity index (χ2v) is 15.9. The molecule has 3 atom stereocenters. The number of likely N-dealkylation sites (N-methyl/N-ethyl adjacent to an activating group) is 1. The predicted molar refractivity (Wildman–Crippen MR) is 190 cm³/mol. The van der Waals surface area contributed by atoms with Gasteiger partial charge >= 0.3 is 0 Å². The van der Waals surface area contributed by atoms with Gasteiger partial charge in [0.15, 0.2) is 5.82 Å². The molecule has 1 aromatic heterocycles. The first-order chi connectivity index (χ1) is 18.6. The van der Waals surface area contributed by atoms with Crippen LogP contribution in [-0.2, 0) is 14.0 Å². The van der Waals surface area contributed by atoms with E-state index in [-0.39, 0.29) is 69.6 Å². The number of carbonyl (C=O) groups is 1. The Morgan fingerprint density at radius 3 is 2.14 bits per heavy atom. The molecule has 1 fully saturated rings. The molecular weight excluding hydrogens is 603 g/mol. The van der Waals surface area contributed by atoms with E-state index in [4.69, 9.17) is 14.1 Å². The Kier molecular flexibility index (Phi) is 12.4. The molecule has 2 aliphatic rings. The molecule has 8 nitrogen and oxygen atoms in total. The molecule has 3 aromatic rings. The molecule has 0 aliphatic carbocycles. The van der Waals surface area contributed by atoms with Crippen LogP contribution in [0.3, 0.4) is 0 Å². The number of nitrogens with zero attached hydrogens (tertiary/aromatic N) is 3. The van der Waals surface area contributed by atoms with E-state index in [2.05, 4.69) is 97.1 Å². The van der Waals surface area contributed by atoms with Crippen molar-refractivity contribution in [2.75, 3.05) is 35.8 Å². The van der Waals surface area contributed by atoms with Crippen LogP contribution < -0.4 is 25.9 Å². The largest absolute Gasteiger partial charge is 0.405 e. The lowest BCUT2D eigenvalue weighted by atomic mass is 10.1. The fraction of sp³-hybridized carbons (Fsp3) is 0.433. The van der Waals surface area contributed by atoms with E-state index in [9.17, 15) is 4.79 Å². The molecule has 230 valence electrons. The van der Waals surface area contributed by atoms with Crippen LogP contribution in [0.4, 0.5) is 17.5 Å². The third-order valence-corrected chi connectivity index (χ3v) is 12.9. The Bertz CT molecular complexity index is 1290. The van der Waals surface area contributed by atoms with Crippen LogP contribution in [0.2, 0.25) is 5.04 Å². The van der Waals surface area contributed by atoms with E-state index in [1.54, 1.807) is 0 Å². The summed E-state index contributed by atoms with van der Waals surface area (Å²) in [6.07, 6.45) is 0.755. The molecule has 1 amide bonds. The molecule has 5 rings (SSSR count). The number of hydrogen-bond acceptors (Lipinski definition) is 7. The van der Waals surface area contributed by atoms with Gasteiger partial charge in [-0.05, 0) is 35.7 Å². The molecule has 0 bridgehead atoms. The van der Waals surface area contributed by atoms with E-state index in [1.165, 1.54) is 10.4 Å². The highest BCUT2D eigenvalue weighted by Crippen LogP contribution is 2.37. The van der Waals surface area contributed by atoms with E-state index < -0.39 is 8.32 Å². The van der Waals surface area contributed by atoms with Crippen LogP contribution in [0.1, 0.15) is 39.8 Å². The summed E-state index contributed by atoms with van der Waals surface area (Å²) in [4.78, 5) is 23.5. The normalized spacial score (nSPS) is 19.9. The van der Waals surface area contributed by atoms with Gasteiger partial charge < -0.3 is 24.7 Å². The van der Waals surface area contributed by atoms with Crippen molar-refractivity contribution in [3.05, 3.63) is 66.4 Å². The highest BCUT2D eigenvalue weighted by atomic mass is 32.1. The third-order valence-electron chi connectivity index (χ3n) is 7.93. The smallest absolute Gasteiger partial charge is 0.261 e. The first-order valence-electron chi connectivity index (χ1n) is 13.7. The van der Waals surface area contributed by atoms with Crippen molar-refractivity contribution in [3.63, 3.8) is 0 Å². The Morgan fingerprint density at radius 1 is 1.02 bits per heavy atom. The lowest BCUT2D eigenvalue weighted by Gasteiger charge is -2.43. The molecule has 0 saturated carbocycles. The van der Waals surface area contributed by atoms with E-state index in [0.717, 1.165) is 17.9 Å². The summed E-state index contributed by atoms with van der Waals surface area (Å²) in [6.45, 7) is 11.7.